The Morgan fingerprint density at radius 1 is 1.64 bits per heavy atom. The first kappa shape index (κ1) is 16.7. The maximum absolute atomic E-state index is 12.4. The number of sulfonamides is 1. The normalized spacial score (nSPS) is 11.2. The molecule has 118 valence electrons. The van der Waals surface area contributed by atoms with E-state index in [4.69, 9.17) is 0 Å². The van der Waals surface area contributed by atoms with Gasteiger partial charge in [0.1, 0.15) is 9.77 Å². The van der Waals surface area contributed by atoms with E-state index in [0.717, 1.165) is 11.3 Å². The van der Waals surface area contributed by atoms with Crippen molar-refractivity contribution < 1.29 is 17.9 Å². The second-order valence-corrected chi connectivity index (χ2v) is 7.47. The fourth-order valence-corrected chi connectivity index (χ4v) is 4.52. The van der Waals surface area contributed by atoms with Crippen LogP contribution in [0.15, 0.2) is 39.7 Å². The predicted octanol–water partition coefficient (Wildman–Crippen LogP) is 2.48. The van der Waals surface area contributed by atoms with Gasteiger partial charge in [-0.2, -0.15) is 5.10 Å². The van der Waals surface area contributed by atoms with Crippen molar-refractivity contribution in [3.8, 4) is 0 Å². The Balaban J connectivity index is 2.34. The molecule has 1 N–H and O–H groups in total. The third-order valence-corrected chi connectivity index (χ3v) is 5.54. The predicted molar refractivity (Wildman–Crippen MR) is 86.6 cm³/mol. The van der Waals surface area contributed by atoms with Crippen LogP contribution in [0, 0.1) is 0 Å². The number of carbonyl (C=O) groups excluding carboxylic acids is 1. The summed E-state index contributed by atoms with van der Waals surface area (Å²) < 4.78 is 33.8. The fraction of sp³-hybridized carbons (Fsp3) is 0.167. The average molecular weight is 406 g/mol. The highest BCUT2D eigenvalue weighted by Crippen LogP contribution is 2.27. The number of esters is 1. The van der Waals surface area contributed by atoms with E-state index in [9.17, 15) is 13.2 Å². The lowest BCUT2D eigenvalue weighted by Crippen LogP contribution is -2.16. The summed E-state index contributed by atoms with van der Waals surface area (Å²) >= 11 is 4.22. The highest BCUT2D eigenvalue weighted by molar-refractivity contribution is 9.10. The van der Waals surface area contributed by atoms with Crippen LogP contribution in [0.3, 0.4) is 0 Å². The van der Waals surface area contributed by atoms with Gasteiger partial charge in [-0.15, -0.1) is 17.9 Å². The van der Waals surface area contributed by atoms with Gasteiger partial charge in [-0.25, -0.2) is 13.2 Å². The van der Waals surface area contributed by atoms with Gasteiger partial charge in [0.15, 0.2) is 5.82 Å². The summed E-state index contributed by atoms with van der Waals surface area (Å²) in [6.45, 7) is 4.02. The van der Waals surface area contributed by atoms with Gasteiger partial charge in [0.05, 0.1) is 18.1 Å². The average Bonchev–Trinajstić information content (AvgIpc) is 3.06. The number of halogens is 1. The molecule has 0 aromatic carbocycles. The Morgan fingerprint density at radius 2 is 2.36 bits per heavy atom. The van der Waals surface area contributed by atoms with Crippen LogP contribution in [-0.2, 0) is 21.3 Å². The van der Waals surface area contributed by atoms with Crippen molar-refractivity contribution in [3.63, 3.8) is 0 Å². The summed E-state index contributed by atoms with van der Waals surface area (Å²) in [6.07, 6.45) is 3.25. The number of aromatic nitrogens is 2. The van der Waals surface area contributed by atoms with E-state index in [-0.39, 0.29) is 15.6 Å². The first-order valence-electron chi connectivity index (χ1n) is 5.91. The molecule has 22 heavy (non-hydrogen) atoms. The van der Waals surface area contributed by atoms with E-state index in [1.807, 2.05) is 0 Å². The van der Waals surface area contributed by atoms with Crippen molar-refractivity contribution in [1.82, 2.24) is 9.78 Å². The van der Waals surface area contributed by atoms with Crippen LogP contribution < -0.4 is 4.72 Å². The van der Waals surface area contributed by atoms with Crippen molar-refractivity contribution in [2.75, 3.05) is 11.8 Å². The summed E-state index contributed by atoms with van der Waals surface area (Å²) in [7, 11) is -2.76. The molecule has 2 aromatic heterocycles. The van der Waals surface area contributed by atoms with Crippen molar-refractivity contribution in [3.05, 3.63) is 39.6 Å². The lowest BCUT2D eigenvalue weighted by molar-refractivity contribution is 0.0602. The third kappa shape index (κ3) is 3.39. The van der Waals surface area contributed by atoms with Gasteiger partial charge in [0.25, 0.3) is 10.0 Å². The van der Waals surface area contributed by atoms with Crippen molar-refractivity contribution in [2.24, 2.45) is 0 Å². The molecule has 0 aliphatic rings. The quantitative estimate of drug-likeness (QED) is 0.588. The van der Waals surface area contributed by atoms with E-state index < -0.39 is 16.0 Å². The molecule has 2 heterocycles. The number of methoxy groups -OCH3 is 1. The zero-order valence-electron chi connectivity index (χ0n) is 11.4. The first-order valence-corrected chi connectivity index (χ1v) is 9.07. The monoisotopic (exact) mass is 405 g/mol. The molecule has 0 atom stereocenters. The minimum atomic E-state index is -3.95. The number of ether oxygens (including phenoxy) is 1. The highest BCUT2D eigenvalue weighted by atomic mass is 79.9. The van der Waals surface area contributed by atoms with E-state index in [0.29, 0.717) is 11.0 Å². The highest BCUT2D eigenvalue weighted by Gasteiger charge is 2.26. The van der Waals surface area contributed by atoms with E-state index in [1.165, 1.54) is 23.2 Å². The van der Waals surface area contributed by atoms with Crippen LogP contribution in [0.5, 0.6) is 0 Å². The molecule has 0 saturated heterocycles. The number of anilines is 1. The lowest BCUT2D eigenvalue weighted by atomic mass is 10.5. The molecule has 0 unspecified atom stereocenters. The standard InChI is InChI=1S/C12H12BrN3O4S2/c1-3-5-16-7-8(13)11(14-16)15-22(18,19)9-4-6-21-10(9)12(17)20-2/h3-4,6-7H,1,5H2,2H3,(H,14,15). The molecule has 7 nitrogen and oxygen atoms in total. The SMILES string of the molecule is C=CCn1cc(Br)c(NS(=O)(=O)c2ccsc2C(=O)OC)n1. The summed E-state index contributed by atoms with van der Waals surface area (Å²) in [5, 5.41) is 5.59. The number of rotatable bonds is 6. The summed E-state index contributed by atoms with van der Waals surface area (Å²) in [4.78, 5) is 11.5. The van der Waals surface area contributed by atoms with Gasteiger partial charge >= 0.3 is 5.97 Å². The van der Waals surface area contributed by atoms with Crippen molar-refractivity contribution in [1.29, 1.82) is 0 Å². The van der Waals surface area contributed by atoms with Crippen LogP contribution in [-0.4, -0.2) is 31.3 Å². The minimum Gasteiger partial charge on any atom is -0.465 e. The topological polar surface area (TPSA) is 90.3 Å². The second-order valence-electron chi connectivity index (χ2n) is 4.05. The molecule has 0 amide bonds. The Morgan fingerprint density at radius 3 is 3.00 bits per heavy atom. The molecular weight excluding hydrogens is 394 g/mol. The van der Waals surface area contributed by atoms with Gasteiger partial charge in [-0.3, -0.25) is 9.40 Å². The summed E-state index contributed by atoms with van der Waals surface area (Å²) in [5.41, 5.74) is 0. The van der Waals surface area contributed by atoms with Crippen LogP contribution in [0.1, 0.15) is 9.67 Å². The van der Waals surface area contributed by atoms with Gasteiger partial charge < -0.3 is 4.74 Å². The van der Waals surface area contributed by atoms with Gasteiger partial charge in [0, 0.05) is 6.20 Å². The number of allylic oxidation sites excluding steroid dienone is 1. The molecule has 10 heteroatoms. The van der Waals surface area contributed by atoms with Crippen LogP contribution >= 0.6 is 27.3 Å². The smallest absolute Gasteiger partial charge is 0.349 e. The maximum Gasteiger partial charge on any atom is 0.349 e. The Kier molecular flexibility index (Phi) is 5.04. The van der Waals surface area contributed by atoms with Crippen LogP contribution in [0.4, 0.5) is 5.82 Å². The largest absolute Gasteiger partial charge is 0.465 e. The zero-order chi connectivity index (χ0) is 16.3. The van der Waals surface area contributed by atoms with Gasteiger partial charge in [-0.05, 0) is 27.4 Å². The third-order valence-electron chi connectivity index (χ3n) is 2.55. The molecule has 0 saturated carbocycles. The van der Waals surface area contributed by atoms with E-state index >= 15 is 0 Å². The maximum atomic E-state index is 12.4. The molecule has 0 spiro atoms. The van der Waals surface area contributed by atoms with Gasteiger partial charge in [-0.1, -0.05) is 6.08 Å². The number of hydrogen-bond donors (Lipinski definition) is 1. The number of nitrogens with one attached hydrogen (secondary N) is 1. The Labute approximate surface area is 139 Å². The number of hydrogen-bond acceptors (Lipinski definition) is 6. The summed E-state index contributed by atoms with van der Waals surface area (Å²) in [6, 6.07) is 1.34. The molecule has 0 aliphatic carbocycles. The summed E-state index contributed by atoms with van der Waals surface area (Å²) in [5.74, 6) is -0.574. The molecule has 0 bridgehead atoms. The Bertz CT molecular complexity index is 810. The fourth-order valence-electron chi connectivity index (χ4n) is 1.62. The number of nitrogens with zero attached hydrogens (tertiary/aromatic N) is 2. The Hall–Kier alpha value is -1.65. The molecular formula is C12H12BrN3O4S2. The molecule has 0 fully saturated rings. The zero-order valence-corrected chi connectivity index (χ0v) is 14.7. The van der Waals surface area contributed by atoms with E-state index in [2.05, 4.69) is 37.1 Å². The van der Waals surface area contributed by atoms with E-state index in [1.54, 1.807) is 12.3 Å². The van der Waals surface area contributed by atoms with Crippen molar-refractivity contribution >= 4 is 49.1 Å². The first-order chi connectivity index (χ1) is 10.4. The molecule has 0 radical (unpaired) electrons. The number of thiophene rings is 1. The second kappa shape index (κ2) is 6.63. The van der Waals surface area contributed by atoms with Crippen LogP contribution in [0.2, 0.25) is 0 Å². The molecule has 0 aliphatic heterocycles. The minimum absolute atomic E-state index is 0.0108. The van der Waals surface area contributed by atoms with Crippen LogP contribution in [0.25, 0.3) is 0 Å². The van der Waals surface area contributed by atoms with Gasteiger partial charge in [0.2, 0.25) is 0 Å². The molecule has 2 aromatic rings. The number of carbonyl (C=O) groups is 1. The lowest BCUT2D eigenvalue weighted by Gasteiger charge is -2.06. The van der Waals surface area contributed by atoms with Crippen molar-refractivity contribution in [2.45, 2.75) is 11.4 Å². The molecule has 2 rings (SSSR count).